The third-order valence-corrected chi connectivity index (χ3v) is 6.09. The molecule has 1 aliphatic carbocycles. The van der Waals surface area contributed by atoms with Gasteiger partial charge in [0.2, 0.25) is 0 Å². The van der Waals surface area contributed by atoms with Crippen LogP contribution < -0.4 is 5.32 Å². The highest BCUT2D eigenvalue weighted by molar-refractivity contribution is 9.09. The predicted molar refractivity (Wildman–Crippen MR) is 80.7 cm³/mol. The Bertz CT molecular complexity index is 410. The first-order chi connectivity index (χ1) is 8.67. The zero-order valence-electron chi connectivity index (χ0n) is 10.8. The summed E-state index contributed by atoms with van der Waals surface area (Å²) in [5.74, 6) is 0.0911. The molecule has 1 aromatic rings. The highest BCUT2D eigenvalue weighted by Gasteiger charge is 2.31. The van der Waals surface area contributed by atoms with Gasteiger partial charge < -0.3 is 5.32 Å². The van der Waals surface area contributed by atoms with Crippen molar-refractivity contribution < 1.29 is 4.79 Å². The van der Waals surface area contributed by atoms with E-state index < -0.39 is 0 Å². The van der Waals surface area contributed by atoms with Crippen molar-refractivity contribution in [2.24, 2.45) is 5.41 Å². The predicted octanol–water partition coefficient (Wildman–Crippen LogP) is 4.13. The fourth-order valence-electron chi connectivity index (χ4n) is 2.61. The lowest BCUT2D eigenvalue weighted by Crippen LogP contribution is -2.40. The topological polar surface area (TPSA) is 29.1 Å². The van der Waals surface area contributed by atoms with Crippen molar-refractivity contribution in [3.05, 3.63) is 21.9 Å². The molecule has 1 aromatic heterocycles. The number of carbonyl (C=O) groups is 1. The average Bonchev–Trinajstić information content (AvgIpc) is 2.83. The maximum Gasteiger partial charge on any atom is 0.261 e. The van der Waals surface area contributed by atoms with Gasteiger partial charge in [0, 0.05) is 11.9 Å². The maximum absolute atomic E-state index is 12.1. The van der Waals surface area contributed by atoms with Crippen LogP contribution in [0.4, 0.5) is 0 Å². The number of hydrogen-bond acceptors (Lipinski definition) is 2. The fourth-order valence-corrected chi connectivity index (χ4v) is 4.21. The van der Waals surface area contributed by atoms with E-state index in [1.54, 1.807) is 0 Å². The molecule has 2 nitrogen and oxygen atoms in total. The number of amides is 1. The lowest BCUT2D eigenvalue weighted by atomic mass is 9.75. The van der Waals surface area contributed by atoms with E-state index in [4.69, 9.17) is 0 Å². The second-order valence-corrected chi connectivity index (χ2v) is 6.79. The summed E-state index contributed by atoms with van der Waals surface area (Å²) in [6.07, 6.45) is 6.37. The summed E-state index contributed by atoms with van der Waals surface area (Å²) in [5, 5.41) is 6.10. The van der Waals surface area contributed by atoms with Crippen LogP contribution in [-0.4, -0.2) is 17.8 Å². The summed E-state index contributed by atoms with van der Waals surface area (Å²) >= 11 is 5.16. The molecule has 0 saturated heterocycles. The van der Waals surface area contributed by atoms with E-state index in [-0.39, 0.29) is 11.3 Å². The van der Waals surface area contributed by atoms with E-state index in [1.807, 2.05) is 18.4 Å². The second kappa shape index (κ2) is 6.20. The first kappa shape index (κ1) is 14.1. The molecule has 0 unspecified atom stereocenters. The van der Waals surface area contributed by atoms with Crippen molar-refractivity contribution in [2.75, 3.05) is 11.9 Å². The molecule has 0 radical (unpaired) electrons. The number of rotatable bonds is 4. The first-order valence-corrected chi connectivity index (χ1v) is 8.55. The third-order valence-electron chi connectivity index (χ3n) is 3.89. The van der Waals surface area contributed by atoms with Crippen LogP contribution in [0, 0.1) is 12.3 Å². The Morgan fingerprint density at radius 1 is 1.44 bits per heavy atom. The normalized spacial score (nSPS) is 18.6. The van der Waals surface area contributed by atoms with Gasteiger partial charge >= 0.3 is 0 Å². The molecule has 1 saturated carbocycles. The van der Waals surface area contributed by atoms with E-state index in [0.717, 1.165) is 22.3 Å². The molecule has 1 fully saturated rings. The molecule has 0 aliphatic heterocycles. The van der Waals surface area contributed by atoms with Gasteiger partial charge in [0.15, 0.2) is 0 Å². The van der Waals surface area contributed by atoms with Gasteiger partial charge in [-0.25, -0.2) is 0 Å². The Morgan fingerprint density at radius 3 is 2.72 bits per heavy atom. The molecule has 0 bridgehead atoms. The van der Waals surface area contributed by atoms with E-state index in [1.165, 1.54) is 43.4 Å². The van der Waals surface area contributed by atoms with Gasteiger partial charge in [-0.1, -0.05) is 35.2 Å². The van der Waals surface area contributed by atoms with Crippen molar-refractivity contribution in [1.82, 2.24) is 5.32 Å². The Kier molecular flexibility index (Phi) is 4.84. The van der Waals surface area contributed by atoms with Crippen LogP contribution >= 0.6 is 27.3 Å². The molecule has 0 atom stereocenters. The lowest BCUT2D eigenvalue weighted by Gasteiger charge is -2.35. The number of halogens is 1. The van der Waals surface area contributed by atoms with Crippen molar-refractivity contribution >= 4 is 33.2 Å². The smallest absolute Gasteiger partial charge is 0.261 e. The minimum Gasteiger partial charge on any atom is -0.351 e. The van der Waals surface area contributed by atoms with E-state index in [0.29, 0.717) is 0 Å². The Morgan fingerprint density at radius 2 is 2.17 bits per heavy atom. The van der Waals surface area contributed by atoms with E-state index in [9.17, 15) is 4.79 Å². The highest BCUT2D eigenvalue weighted by Crippen LogP contribution is 2.37. The summed E-state index contributed by atoms with van der Waals surface area (Å²) < 4.78 is 0. The number of nitrogens with one attached hydrogen (secondary N) is 1. The summed E-state index contributed by atoms with van der Waals surface area (Å²) in [7, 11) is 0. The quantitative estimate of drug-likeness (QED) is 0.826. The number of aryl methyl sites for hydroxylation is 1. The van der Waals surface area contributed by atoms with Gasteiger partial charge in [0.1, 0.15) is 0 Å². The molecule has 1 N–H and O–H groups in total. The maximum atomic E-state index is 12.1. The van der Waals surface area contributed by atoms with Gasteiger partial charge in [-0.3, -0.25) is 4.79 Å². The number of hydrogen-bond donors (Lipinski definition) is 1. The van der Waals surface area contributed by atoms with Crippen molar-refractivity contribution in [1.29, 1.82) is 0 Å². The Hall–Kier alpha value is -0.350. The van der Waals surface area contributed by atoms with Gasteiger partial charge in [-0.2, -0.15) is 0 Å². The van der Waals surface area contributed by atoms with Crippen LogP contribution in [0.3, 0.4) is 0 Å². The number of carbonyl (C=O) groups excluding carboxylic acids is 1. The van der Waals surface area contributed by atoms with Crippen molar-refractivity contribution in [3.8, 4) is 0 Å². The highest BCUT2D eigenvalue weighted by atomic mass is 79.9. The molecule has 4 heteroatoms. The first-order valence-electron chi connectivity index (χ1n) is 6.55. The zero-order valence-corrected chi connectivity index (χ0v) is 13.2. The third kappa shape index (κ3) is 3.15. The van der Waals surface area contributed by atoms with Gasteiger partial charge in [0.05, 0.1) is 4.88 Å². The van der Waals surface area contributed by atoms with Crippen LogP contribution in [-0.2, 0) is 0 Å². The second-order valence-electron chi connectivity index (χ2n) is 5.31. The van der Waals surface area contributed by atoms with E-state index in [2.05, 4.69) is 21.2 Å². The largest absolute Gasteiger partial charge is 0.351 e. The molecule has 2 rings (SSSR count). The average molecular weight is 330 g/mol. The molecule has 18 heavy (non-hydrogen) atoms. The lowest BCUT2D eigenvalue weighted by molar-refractivity contribution is 0.0925. The summed E-state index contributed by atoms with van der Waals surface area (Å²) in [6.45, 7) is 2.79. The number of thiophene rings is 1. The van der Waals surface area contributed by atoms with Crippen LogP contribution in [0.15, 0.2) is 11.4 Å². The Labute approximate surface area is 121 Å². The van der Waals surface area contributed by atoms with Crippen LogP contribution in [0.25, 0.3) is 0 Å². The summed E-state index contributed by atoms with van der Waals surface area (Å²) in [5.41, 5.74) is 1.35. The molecule has 1 amide bonds. The van der Waals surface area contributed by atoms with Crippen LogP contribution in [0.5, 0.6) is 0 Å². The standard InChI is InChI=1S/C14H20BrNOS/c1-11-5-8-18-12(11)13(17)16-10-14(9-15)6-3-2-4-7-14/h5,8H,2-4,6-7,9-10H2,1H3,(H,16,17). The molecule has 0 aromatic carbocycles. The number of alkyl halides is 1. The van der Waals surface area contributed by atoms with Crippen molar-refractivity contribution in [2.45, 2.75) is 39.0 Å². The fraction of sp³-hybridized carbons (Fsp3) is 0.643. The molecular formula is C14H20BrNOS. The molecule has 0 spiro atoms. The Balaban J connectivity index is 1.94. The molecular weight excluding hydrogens is 310 g/mol. The van der Waals surface area contributed by atoms with Crippen LogP contribution in [0.2, 0.25) is 0 Å². The van der Waals surface area contributed by atoms with E-state index >= 15 is 0 Å². The van der Waals surface area contributed by atoms with Gasteiger partial charge in [-0.15, -0.1) is 11.3 Å². The zero-order chi connectivity index (χ0) is 13.0. The molecule has 1 heterocycles. The summed E-state index contributed by atoms with van der Waals surface area (Å²) in [4.78, 5) is 13.0. The minimum absolute atomic E-state index is 0.0911. The minimum atomic E-state index is 0.0911. The molecule has 1 aliphatic rings. The monoisotopic (exact) mass is 329 g/mol. The van der Waals surface area contributed by atoms with Crippen molar-refractivity contribution in [3.63, 3.8) is 0 Å². The summed E-state index contributed by atoms with van der Waals surface area (Å²) in [6, 6.07) is 2.00. The van der Waals surface area contributed by atoms with Gasteiger partial charge in [-0.05, 0) is 42.2 Å². The van der Waals surface area contributed by atoms with Crippen LogP contribution in [0.1, 0.15) is 47.3 Å². The van der Waals surface area contributed by atoms with Gasteiger partial charge in [0.25, 0.3) is 5.91 Å². The molecule has 100 valence electrons. The SMILES string of the molecule is Cc1ccsc1C(=O)NCC1(CBr)CCCCC1.